The average molecular weight is 321 g/mol. The topological polar surface area (TPSA) is 91.9 Å². The number of aromatic nitrogens is 2. The van der Waals surface area contributed by atoms with Gasteiger partial charge in [0.05, 0.1) is 4.90 Å². The third-order valence-electron chi connectivity index (χ3n) is 3.05. The molecule has 6 nitrogen and oxygen atoms in total. The summed E-state index contributed by atoms with van der Waals surface area (Å²) in [5.74, 6) is -0.334. The second kappa shape index (κ2) is 6.31. The van der Waals surface area contributed by atoms with Crippen LogP contribution in [-0.2, 0) is 16.4 Å². The number of hydrogen-bond donors (Lipinski definition) is 2. The molecule has 2 N–H and O–H groups in total. The van der Waals surface area contributed by atoms with Crippen LogP contribution in [0.25, 0.3) is 0 Å². The Kier molecular flexibility index (Phi) is 4.65. The molecule has 118 valence electrons. The lowest BCUT2D eigenvalue weighted by Gasteiger charge is -2.05. The Bertz CT molecular complexity index is 762. The van der Waals surface area contributed by atoms with Gasteiger partial charge in [-0.15, -0.1) is 0 Å². The quantitative estimate of drug-likeness (QED) is 0.881. The van der Waals surface area contributed by atoms with Crippen LogP contribution in [0.15, 0.2) is 35.2 Å². The first-order valence-corrected chi connectivity index (χ1v) is 8.44. The minimum absolute atomic E-state index is 0.0457. The van der Waals surface area contributed by atoms with Gasteiger partial charge >= 0.3 is 0 Å². The summed E-state index contributed by atoms with van der Waals surface area (Å²) in [4.78, 5) is 12.1. The maximum absolute atomic E-state index is 12.1. The molecule has 22 heavy (non-hydrogen) atoms. The number of H-pyrrole nitrogens is 1. The molecule has 0 unspecified atom stereocenters. The molecule has 1 aromatic heterocycles. The van der Waals surface area contributed by atoms with E-state index in [4.69, 9.17) is 0 Å². The third-order valence-corrected chi connectivity index (χ3v) is 4.40. The highest BCUT2D eigenvalue weighted by Gasteiger charge is 2.20. The van der Waals surface area contributed by atoms with E-state index in [0.717, 1.165) is 17.7 Å². The zero-order chi connectivity index (χ0) is 16.3. The van der Waals surface area contributed by atoms with E-state index < -0.39 is 15.9 Å². The Hall–Kier alpha value is -2.15. The summed E-state index contributed by atoms with van der Waals surface area (Å²) in [7, 11) is -3.89. The van der Waals surface area contributed by atoms with Crippen LogP contribution in [0.5, 0.6) is 0 Å². The number of rotatable bonds is 5. The molecule has 0 aliphatic rings. The molecule has 0 aliphatic carbocycles. The van der Waals surface area contributed by atoms with Gasteiger partial charge in [0.25, 0.3) is 15.9 Å². The van der Waals surface area contributed by atoms with E-state index in [9.17, 15) is 13.2 Å². The number of carbonyl (C=O) groups is 1. The maximum atomic E-state index is 12.1. The first kappa shape index (κ1) is 16.2. The van der Waals surface area contributed by atoms with Crippen LogP contribution in [0, 0.1) is 12.8 Å². The number of aryl methyl sites for hydroxylation is 1. The van der Waals surface area contributed by atoms with Crippen LogP contribution < -0.4 is 4.72 Å². The van der Waals surface area contributed by atoms with Gasteiger partial charge in [-0.1, -0.05) is 31.5 Å². The molecule has 7 heteroatoms. The Balaban J connectivity index is 2.13. The molecule has 0 spiro atoms. The summed E-state index contributed by atoms with van der Waals surface area (Å²) in [6.07, 6.45) is 0.741. The highest BCUT2D eigenvalue weighted by molar-refractivity contribution is 7.90. The van der Waals surface area contributed by atoms with Crippen LogP contribution >= 0.6 is 0 Å². The largest absolute Gasteiger partial charge is 0.285 e. The van der Waals surface area contributed by atoms with Crippen molar-refractivity contribution in [1.29, 1.82) is 0 Å². The predicted molar refractivity (Wildman–Crippen MR) is 83.0 cm³/mol. The van der Waals surface area contributed by atoms with E-state index in [2.05, 4.69) is 10.2 Å². The summed E-state index contributed by atoms with van der Waals surface area (Å²) in [5.41, 5.74) is 1.80. The number of nitrogens with zero attached hydrogens (tertiary/aromatic N) is 1. The zero-order valence-corrected chi connectivity index (χ0v) is 13.6. The van der Waals surface area contributed by atoms with Gasteiger partial charge in [-0.05, 0) is 37.5 Å². The van der Waals surface area contributed by atoms with Gasteiger partial charge in [0.2, 0.25) is 0 Å². The molecule has 0 saturated heterocycles. The van der Waals surface area contributed by atoms with E-state index in [-0.39, 0.29) is 10.6 Å². The third kappa shape index (κ3) is 3.94. The molecular formula is C15H19N3O3S. The number of amides is 1. The molecule has 0 aliphatic heterocycles. The van der Waals surface area contributed by atoms with Gasteiger partial charge in [0.15, 0.2) is 5.69 Å². The zero-order valence-electron chi connectivity index (χ0n) is 12.8. The number of benzene rings is 1. The lowest BCUT2D eigenvalue weighted by atomic mass is 10.1. The minimum Gasteiger partial charge on any atom is -0.282 e. The summed E-state index contributed by atoms with van der Waals surface area (Å²) >= 11 is 0. The Morgan fingerprint density at radius 2 is 1.91 bits per heavy atom. The van der Waals surface area contributed by atoms with Crippen molar-refractivity contribution in [2.45, 2.75) is 32.1 Å². The molecule has 0 saturated carbocycles. The highest BCUT2D eigenvalue weighted by Crippen LogP contribution is 2.11. The molecule has 1 heterocycles. The van der Waals surface area contributed by atoms with Crippen molar-refractivity contribution in [3.8, 4) is 0 Å². The van der Waals surface area contributed by atoms with Gasteiger partial charge in [-0.25, -0.2) is 13.1 Å². The Morgan fingerprint density at radius 1 is 1.27 bits per heavy atom. The molecule has 1 aromatic carbocycles. The fraction of sp³-hybridized carbons (Fsp3) is 0.333. The fourth-order valence-electron chi connectivity index (χ4n) is 1.97. The maximum Gasteiger partial charge on any atom is 0.285 e. The van der Waals surface area contributed by atoms with Crippen molar-refractivity contribution in [3.05, 3.63) is 47.3 Å². The van der Waals surface area contributed by atoms with Crippen molar-refractivity contribution in [2.24, 2.45) is 5.92 Å². The first-order valence-electron chi connectivity index (χ1n) is 6.96. The van der Waals surface area contributed by atoms with Crippen LogP contribution in [0.2, 0.25) is 0 Å². The number of sulfonamides is 1. The SMILES string of the molecule is Cc1ccc(S(=O)(=O)NC(=O)c2cc(CC(C)C)[nH]n2)cc1. The van der Waals surface area contributed by atoms with Crippen molar-refractivity contribution in [3.63, 3.8) is 0 Å². The predicted octanol–water partition coefficient (Wildman–Crippen LogP) is 2.04. The molecule has 1 amide bonds. The fourth-order valence-corrected chi connectivity index (χ4v) is 2.93. The lowest BCUT2D eigenvalue weighted by molar-refractivity contribution is 0.0976. The summed E-state index contributed by atoms with van der Waals surface area (Å²) < 4.78 is 26.3. The molecular weight excluding hydrogens is 302 g/mol. The Morgan fingerprint density at radius 3 is 2.50 bits per heavy atom. The summed E-state index contributed by atoms with van der Waals surface area (Å²) in [6, 6.07) is 7.84. The van der Waals surface area contributed by atoms with Crippen molar-refractivity contribution < 1.29 is 13.2 Å². The van der Waals surface area contributed by atoms with Crippen molar-refractivity contribution in [2.75, 3.05) is 0 Å². The lowest BCUT2D eigenvalue weighted by Crippen LogP contribution is -2.30. The van der Waals surface area contributed by atoms with Gasteiger partial charge in [-0.3, -0.25) is 9.89 Å². The van der Waals surface area contributed by atoms with Gasteiger partial charge < -0.3 is 0 Å². The van der Waals surface area contributed by atoms with Gasteiger partial charge in [-0.2, -0.15) is 5.10 Å². The van der Waals surface area contributed by atoms with Crippen LogP contribution in [0.4, 0.5) is 0 Å². The van der Waals surface area contributed by atoms with Crippen molar-refractivity contribution in [1.82, 2.24) is 14.9 Å². The van der Waals surface area contributed by atoms with E-state index >= 15 is 0 Å². The standard InChI is InChI=1S/C15H19N3O3S/c1-10(2)8-12-9-14(17-16-12)15(19)18-22(20,21)13-6-4-11(3)5-7-13/h4-7,9-10H,8H2,1-3H3,(H,16,17)(H,18,19). The second-order valence-corrected chi connectivity index (χ2v) is 7.31. The van der Waals surface area contributed by atoms with E-state index in [0.29, 0.717) is 5.92 Å². The number of hydrogen-bond acceptors (Lipinski definition) is 4. The van der Waals surface area contributed by atoms with Crippen LogP contribution in [0.3, 0.4) is 0 Å². The average Bonchev–Trinajstić information content (AvgIpc) is 2.86. The second-order valence-electron chi connectivity index (χ2n) is 5.62. The monoisotopic (exact) mass is 321 g/mol. The molecule has 0 radical (unpaired) electrons. The Labute approximate surface area is 130 Å². The van der Waals surface area contributed by atoms with Crippen molar-refractivity contribution >= 4 is 15.9 Å². The van der Waals surface area contributed by atoms with Gasteiger partial charge in [0.1, 0.15) is 0 Å². The number of nitrogens with one attached hydrogen (secondary N) is 2. The van der Waals surface area contributed by atoms with Crippen LogP contribution in [0.1, 0.15) is 35.6 Å². The highest BCUT2D eigenvalue weighted by atomic mass is 32.2. The molecule has 2 aromatic rings. The van der Waals surface area contributed by atoms with E-state index in [1.54, 1.807) is 18.2 Å². The smallest absolute Gasteiger partial charge is 0.282 e. The minimum atomic E-state index is -3.89. The van der Waals surface area contributed by atoms with E-state index in [1.807, 2.05) is 25.5 Å². The first-order chi connectivity index (χ1) is 10.3. The normalized spacial score (nSPS) is 11.6. The summed E-state index contributed by atoms with van der Waals surface area (Å²) in [5, 5.41) is 6.60. The van der Waals surface area contributed by atoms with E-state index in [1.165, 1.54) is 12.1 Å². The van der Waals surface area contributed by atoms with Crippen LogP contribution in [-0.4, -0.2) is 24.5 Å². The molecule has 0 atom stereocenters. The number of carbonyl (C=O) groups excluding carboxylic acids is 1. The molecule has 2 rings (SSSR count). The van der Waals surface area contributed by atoms with Gasteiger partial charge in [0, 0.05) is 5.69 Å². The molecule has 0 fully saturated rings. The number of aromatic amines is 1. The summed E-state index contributed by atoms with van der Waals surface area (Å²) in [6.45, 7) is 5.94. The molecule has 0 bridgehead atoms.